The van der Waals surface area contributed by atoms with Crippen molar-refractivity contribution >= 4 is 55.8 Å². The predicted octanol–water partition coefficient (Wildman–Crippen LogP) is 12.4. The zero-order valence-corrected chi connectivity index (χ0v) is 29.8. The molecule has 8 nitrogen and oxygen atoms in total. The first-order valence-corrected chi connectivity index (χ1v) is 18.1. The zero-order valence-electron chi connectivity index (χ0n) is 28.2. The first kappa shape index (κ1) is 34.8. The lowest BCUT2D eigenvalue weighted by molar-refractivity contribution is 0.0740. The molecule has 0 amide bonds. The summed E-state index contributed by atoms with van der Waals surface area (Å²) in [5, 5.41) is 19.6. The number of nitrogens with zero attached hydrogens (tertiary/aromatic N) is 6. The van der Waals surface area contributed by atoms with Gasteiger partial charge in [0.1, 0.15) is 5.69 Å². The van der Waals surface area contributed by atoms with Crippen molar-refractivity contribution in [1.29, 1.82) is 0 Å². The van der Waals surface area contributed by atoms with E-state index in [0.717, 1.165) is 43.6 Å². The van der Waals surface area contributed by atoms with Gasteiger partial charge in [-0.2, -0.15) is 0 Å². The van der Waals surface area contributed by atoms with Crippen LogP contribution in [0.2, 0.25) is 0 Å². The minimum absolute atomic E-state index is 0.399. The Morgan fingerprint density at radius 3 is 2.06 bits per heavy atom. The zero-order chi connectivity index (χ0) is 33.9. The Hall–Kier alpha value is -4.54. The van der Waals surface area contributed by atoms with Crippen molar-refractivity contribution in [2.45, 2.75) is 53.9 Å². The molecule has 10 heteroatoms. The number of aromatic nitrogens is 1. The third-order valence-corrected chi connectivity index (χ3v) is 9.10. The van der Waals surface area contributed by atoms with Gasteiger partial charge in [0.2, 0.25) is 5.13 Å². The van der Waals surface area contributed by atoms with E-state index in [0.29, 0.717) is 44.0 Å². The Kier molecular flexibility index (Phi) is 12.3. The van der Waals surface area contributed by atoms with Gasteiger partial charge in [0.25, 0.3) is 0 Å². The van der Waals surface area contributed by atoms with E-state index in [-0.39, 0.29) is 0 Å². The van der Waals surface area contributed by atoms with Gasteiger partial charge in [-0.05, 0) is 85.3 Å². The monoisotopic (exact) mass is 678 g/mol. The normalized spacial score (nSPS) is 11.7. The number of unbranched alkanes of at least 4 members (excludes halogenated alkanes) is 1. The highest BCUT2D eigenvalue weighted by molar-refractivity contribution is 7.19. The number of azo groups is 2. The second kappa shape index (κ2) is 17.0. The van der Waals surface area contributed by atoms with Crippen LogP contribution in [0.25, 0.3) is 11.3 Å². The van der Waals surface area contributed by atoms with Gasteiger partial charge in [-0.25, -0.2) is 9.78 Å². The number of carbonyl (C=O) groups excluding carboxylic acids is 1. The molecule has 0 aliphatic heterocycles. The lowest BCUT2D eigenvalue weighted by atomic mass is 10.1. The van der Waals surface area contributed by atoms with Crippen molar-refractivity contribution in [2.24, 2.45) is 32.3 Å². The van der Waals surface area contributed by atoms with Gasteiger partial charge >= 0.3 is 5.97 Å². The molecule has 0 unspecified atom stereocenters. The molecule has 3 aromatic carbocycles. The molecule has 0 aliphatic carbocycles. The third kappa shape index (κ3) is 9.98. The fourth-order valence-corrected chi connectivity index (χ4v) is 6.64. The van der Waals surface area contributed by atoms with E-state index in [1.54, 1.807) is 24.3 Å². The third-order valence-electron chi connectivity index (χ3n) is 7.25. The SMILES string of the molecule is CCCCc1ccc(OC(=O)c2ccc(N=Nc3sc(/N=N/c4ccc(N(CC(C)C)CC(C)C)cc4)nc3-c3ccccc3)cc2)s1. The molecule has 0 atom stereocenters. The van der Waals surface area contributed by atoms with E-state index in [2.05, 4.69) is 72.1 Å². The van der Waals surface area contributed by atoms with Gasteiger partial charge in [0, 0.05) is 29.2 Å². The van der Waals surface area contributed by atoms with Gasteiger partial charge in [0.15, 0.2) is 10.1 Å². The highest BCUT2D eigenvalue weighted by atomic mass is 32.1. The molecule has 5 aromatic rings. The van der Waals surface area contributed by atoms with Crippen LogP contribution in [0, 0.1) is 11.8 Å². The summed E-state index contributed by atoms with van der Waals surface area (Å²) in [6, 6.07) is 28.8. The molecule has 0 N–H and O–H groups in total. The summed E-state index contributed by atoms with van der Waals surface area (Å²) in [7, 11) is 0. The maximum Gasteiger partial charge on any atom is 0.344 e. The van der Waals surface area contributed by atoms with Crippen LogP contribution in [0.15, 0.2) is 111 Å². The van der Waals surface area contributed by atoms with Crippen molar-refractivity contribution in [2.75, 3.05) is 18.0 Å². The number of rotatable bonds is 15. The molecule has 0 saturated heterocycles. The highest BCUT2D eigenvalue weighted by Gasteiger charge is 2.15. The lowest BCUT2D eigenvalue weighted by Gasteiger charge is -2.28. The van der Waals surface area contributed by atoms with Crippen LogP contribution in [0.1, 0.15) is 62.7 Å². The molecule has 0 radical (unpaired) electrons. The van der Waals surface area contributed by atoms with Gasteiger partial charge in [-0.15, -0.1) is 31.8 Å². The molecule has 48 heavy (non-hydrogen) atoms. The minimum Gasteiger partial charge on any atom is -0.412 e. The van der Waals surface area contributed by atoms with Crippen LogP contribution in [0.4, 0.5) is 27.2 Å². The van der Waals surface area contributed by atoms with Gasteiger partial charge in [-0.1, -0.05) is 82.7 Å². The summed E-state index contributed by atoms with van der Waals surface area (Å²) >= 11 is 2.83. The van der Waals surface area contributed by atoms with E-state index >= 15 is 0 Å². The Labute approximate surface area is 291 Å². The smallest absolute Gasteiger partial charge is 0.344 e. The number of thiazole rings is 1. The van der Waals surface area contributed by atoms with Crippen LogP contribution in [0.5, 0.6) is 5.06 Å². The maximum atomic E-state index is 12.7. The fraction of sp³-hybridized carbons (Fsp3) is 0.316. The van der Waals surface area contributed by atoms with E-state index in [9.17, 15) is 4.79 Å². The van der Waals surface area contributed by atoms with Crippen LogP contribution >= 0.6 is 22.7 Å². The predicted molar refractivity (Wildman–Crippen MR) is 199 cm³/mol. The van der Waals surface area contributed by atoms with Gasteiger partial charge in [-0.3, -0.25) is 0 Å². The number of hydrogen-bond donors (Lipinski definition) is 0. The average molecular weight is 679 g/mol. The van der Waals surface area contributed by atoms with Crippen molar-refractivity contribution in [3.63, 3.8) is 0 Å². The largest absolute Gasteiger partial charge is 0.412 e. The number of thiophene rings is 1. The first-order chi connectivity index (χ1) is 23.3. The van der Waals surface area contributed by atoms with Gasteiger partial charge < -0.3 is 9.64 Å². The second-order valence-corrected chi connectivity index (χ2v) is 14.5. The number of ether oxygens (including phenoxy) is 1. The van der Waals surface area contributed by atoms with Crippen LogP contribution in [0.3, 0.4) is 0 Å². The van der Waals surface area contributed by atoms with Crippen molar-refractivity contribution in [1.82, 2.24) is 4.98 Å². The maximum absolute atomic E-state index is 12.7. The van der Waals surface area contributed by atoms with Crippen LogP contribution in [-0.2, 0) is 6.42 Å². The Balaban J connectivity index is 1.29. The number of aryl methyl sites for hydroxylation is 1. The number of anilines is 1. The molecular weight excluding hydrogens is 637 g/mol. The highest BCUT2D eigenvalue weighted by Crippen LogP contribution is 2.41. The Morgan fingerprint density at radius 2 is 1.42 bits per heavy atom. The first-order valence-electron chi connectivity index (χ1n) is 16.4. The lowest BCUT2D eigenvalue weighted by Crippen LogP contribution is -2.31. The van der Waals surface area contributed by atoms with E-state index in [1.165, 1.54) is 33.2 Å². The number of hydrogen-bond acceptors (Lipinski definition) is 10. The molecule has 248 valence electrons. The number of benzene rings is 3. The number of carbonyl (C=O) groups is 1. The summed E-state index contributed by atoms with van der Waals surface area (Å²) in [5.41, 5.74) is 4.58. The topological polar surface area (TPSA) is 91.9 Å². The molecule has 2 heterocycles. The molecule has 0 fully saturated rings. The van der Waals surface area contributed by atoms with Crippen LogP contribution in [-0.4, -0.2) is 24.0 Å². The minimum atomic E-state index is -0.399. The fourth-order valence-electron chi connectivity index (χ4n) is 5.01. The summed E-state index contributed by atoms with van der Waals surface area (Å²) in [6.07, 6.45) is 3.25. The van der Waals surface area contributed by atoms with Crippen LogP contribution < -0.4 is 9.64 Å². The molecule has 0 aliphatic rings. The standard InChI is InChI=1S/C38H42N6O2S2/c1-6-7-13-33-22-23-34(47-33)46-37(45)29-14-16-30(17-15-29)40-42-36-35(28-11-9-8-10-12-28)39-38(48-36)43-41-31-18-20-32(21-19-31)44(24-26(2)3)25-27(4)5/h8-12,14-23,26-27H,6-7,13,24-25H2,1-5H3/b42-40?,43-41+. The number of esters is 1. The summed E-state index contributed by atoms with van der Waals surface area (Å²) in [6.45, 7) is 13.1. The molecule has 5 rings (SSSR count). The summed E-state index contributed by atoms with van der Waals surface area (Å²) in [5.74, 6) is 0.743. The van der Waals surface area contributed by atoms with Crippen molar-refractivity contribution in [3.8, 4) is 16.3 Å². The van der Waals surface area contributed by atoms with Crippen molar-refractivity contribution in [3.05, 3.63) is 101 Å². The summed E-state index contributed by atoms with van der Waals surface area (Å²) in [4.78, 5) is 21.1. The molecular formula is C38H42N6O2S2. The molecule has 0 saturated carbocycles. The Morgan fingerprint density at radius 1 is 0.771 bits per heavy atom. The Bertz CT molecular complexity index is 1800. The van der Waals surface area contributed by atoms with E-state index in [1.807, 2.05) is 54.6 Å². The molecule has 0 bridgehead atoms. The molecule has 0 spiro atoms. The second-order valence-electron chi connectivity index (χ2n) is 12.4. The average Bonchev–Trinajstić information content (AvgIpc) is 3.72. The quantitative estimate of drug-likeness (QED) is 0.0813. The molecule has 2 aromatic heterocycles. The summed E-state index contributed by atoms with van der Waals surface area (Å²) < 4.78 is 5.59. The van der Waals surface area contributed by atoms with E-state index < -0.39 is 5.97 Å². The van der Waals surface area contributed by atoms with Crippen molar-refractivity contribution < 1.29 is 9.53 Å². The van der Waals surface area contributed by atoms with Gasteiger partial charge in [0.05, 0.1) is 16.9 Å². The van der Waals surface area contributed by atoms with E-state index in [4.69, 9.17) is 9.72 Å².